The summed E-state index contributed by atoms with van der Waals surface area (Å²) in [5.41, 5.74) is 5.49. The Labute approximate surface area is 230 Å². The molecule has 0 saturated carbocycles. The largest absolute Gasteiger partial charge is 0.493 e. The van der Waals surface area contributed by atoms with Gasteiger partial charge in [-0.05, 0) is 82.3 Å². The number of carbonyl (C=O) groups excluding carboxylic acids is 2. The summed E-state index contributed by atoms with van der Waals surface area (Å²) in [6.07, 6.45) is 4.40. The van der Waals surface area contributed by atoms with E-state index >= 15 is 0 Å². The van der Waals surface area contributed by atoms with Crippen molar-refractivity contribution in [2.45, 2.75) is 51.0 Å². The molecule has 0 unspecified atom stereocenters. The molecule has 0 fully saturated rings. The van der Waals surface area contributed by atoms with Crippen LogP contribution in [-0.2, 0) is 16.2 Å². The SMILES string of the molecule is COc1cc(C2C3=C(CCCC3=O)NC3=C2C(=O)CCC3)cc(I)c1OCc1cccc2ccccc12. The minimum Gasteiger partial charge on any atom is -0.493 e. The Bertz CT molecular complexity index is 1460. The van der Waals surface area contributed by atoms with E-state index in [1.54, 1.807) is 7.11 Å². The molecular formula is C31H28INO4. The predicted octanol–water partition coefficient (Wildman–Crippen LogP) is 6.73. The molecule has 0 atom stereocenters. The molecule has 2 aliphatic carbocycles. The molecule has 0 saturated heterocycles. The Morgan fingerprint density at radius 3 is 2.27 bits per heavy atom. The number of hydrogen-bond acceptors (Lipinski definition) is 5. The highest BCUT2D eigenvalue weighted by atomic mass is 127. The predicted molar refractivity (Wildman–Crippen MR) is 152 cm³/mol. The fourth-order valence-electron chi connectivity index (χ4n) is 5.93. The first-order chi connectivity index (χ1) is 18.0. The van der Waals surface area contributed by atoms with Crippen molar-refractivity contribution in [3.8, 4) is 11.5 Å². The van der Waals surface area contributed by atoms with Crippen LogP contribution in [0.2, 0.25) is 0 Å². The lowest BCUT2D eigenvalue weighted by molar-refractivity contribution is -0.116. The first-order valence-electron chi connectivity index (χ1n) is 12.8. The zero-order valence-electron chi connectivity index (χ0n) is 20.7. The van der Waals surface area contributed by atoms with Gasteiger partial charge >= 0.3 is 0 Å². The van der Waals surface area contributed by atoms with Crippen molar-refractivity contribution in [1.29, 1.82) is 0 Å². The molecule has 1 heterocycles. The summed E-state index contributed by atoms with van der Waals surface area (Å²) in [7, 11) is 1.63. The lowest BCUT2D eigenvalue weighted by atomic mass is 9.71. The molecule has 0 amide bonds. The van der Waals surface area contributed by atoms with Crippen LogP contribution in [0.3, 0.4) is 0 Å². The number of ether oxygens (including phenoxy) is 2. The first kappa shape index (κ1) is 24.2. The molecule has 1 aliphatic heterocycles. The van der Waals surface area contributed by atoms with E-state index in [-0.39, 0.29) is 17.5 Å². The lowest BCUT2D eigenvalue weighted by Gasteiger charge is -2.37. The van der Waals surface area contributed by atoms with Crippen molar-refractivity contribution >= 4 is 44.9 Å². The third kappa shape index (κ3) is 4.35. The molecule has 3 aromatic rings. The van der Waals surface area contributed by atoms with Gasteiger partial charge in [-0.15, -0.1) is 0 Å². The maximum atomic E-state index is 13.2. The summed E-state index contributed by atoms with van der Waals surface area (Å²) < 4.78 is 13.1. The number of Topliss-reactive ketones (excluding diaryl/α,β-unsaturated/α-hetero) is 2. The van der Waals surface area contributed by atoms with Crippen LogP contribution >= 0.6 is 22.6 Å². The molecule has 0 bridgehead atoms. The highest BCUT2D eigenvalue weighted by Gasteiger charge is 2.40. The molecule has 6 heteroatoms. The van der Waals surface area contributed by atoms with Crippen molar-refractivity contribution in [2.24, 2.45) is 0 Å². The van der Waals surface area contributed by atoms with Crippen LogP contribution in [0.25, 0.3) is 10.8 Å². The Balaban J connectivity index is 1.40. The topological polar surface area (TPSA) is 64.6 Å². The fourth-order valence-corrected chi connectivity index (χ4v) is 6.71. The van der Waals surface area contributed by atoms with E-state index in [2.05, 4.69) is 58.2 Å². The number of ketones is 2. The molecule has 0 radical (unpaired) electrons. The number of halogens is 1. The number of fused-ring (bicyclic) bond motifs is 1. The third-order valence-corrected chi connectivity index (χ3v) is 8.43. The summed E-state index contributed by atoms with van der Waals surface area (Å²) >= 11 is 2.28. The number of hydrogen-bond donors (Lipinski definition) is 1. The Kier molecular flexibility index (Phi) is 6.53. The zero-order chi connectivity index (χ0) is 25.5. The Hall–Kier alpha value is -3.13. The molecule has 5 nitrogen and oxygen atoms in total. The average molecular weight is 605 g/mol. The van der Waals surface area contributed by atoms with E-state index in [4.69, 9.17) is 9.47 Å². The second-order valence-corrected chi connectivity index (χ2v) is 11.0. The molecule has 6 rings (SSSR count). The average Bonchev–Trinajstić information content (AvgIpc) is 2.91. The van der Waals surface area contributed by atoms with Gasteiger partial charge in [0, 0.05) is 41.3 Å². The maximum absolute atomic E-state index is 13.2. The van der Waals surface area contributed by atoms with Crippen molar-refractivity contribution in [2.75, 3.05) is 7.11 Å². The highest BCUT2D eigenvalue weighted by Crippen LogP contribution is 2.47. The van der Waals surface area contributed by atoms with E-state index in [0.717, 1.165) is 68.3 Å². The molecule has 188 valence electrons. The standard InChI is InChI=1S/C31H28INO4/c1-36-27-16-20(15-22(32)31(27)37-17-19-9-4-8-18-7-2-3-10-21(18)19)28-29-23(11-5-13-25(29)34)33-24-12-6-14-26(35)30(24)28/h2-4,7-10,15-16,28,33H,5-6,11-14,17H2,1H3. The van der Waals surface area contributed by atoms with E-state index in [1.165, 1.54) is 5.39 Å². The number of carbonyl (C=O) groups is 2. The van der Waals surface area contributed by atoms with Crippen molar-refractivity contribution in [1.82, 2.24) is 5.32 Å². The van der Waals surface area contributed by atoms with Gasteiger partial charge in [0.25, 0.3) is 0 Å². The molecule has 0 spiro atoms. The third-order valence-electron chi connectivity index (χ3n) is 7.63. The van der Waals surface area contributed by atoms with Crippen molar-refractivity contribution < 1.29 is 19.1 Å². The Morgan fingerprint density at radius 1 is 0.892 bits per heavy atom. The van der Waals surface area contributed by atoms with Gasteiger partial charge in [0.15, 0.2) is 23.1 Å². The van der Waals surface area contributed by atoms with Crippen LogP contribution in [0, 0.1) is 3.57 Å². The first-order valence-corrected chi connectivity index (χ1v) is 13.9. The molecule has 3 aliphatic rings. The van der Waals surface area contributed by atoms with E-state index < -0.39 is 0 Å². The van der Waals surface area contributed by atoms with E-state index in [1.807, 2.05) is 24.3 Å². The van der Waals surface area contributed by atoms with Gasteiger partial charge in [-0.1, -0.05) is 42.5 Å². The monoisotopic (exact) mass is 605 g/mol. The van der Waals surface area contributed by atoms with Crippen LogP contribution < -0.4 is 14.8 Å². The second kappa shape index (κ2) is 9.97. The van der Waals surface area contributed by atoms with Crippen molar-refractivity contribution in [3.63, 3.8) is 0 Å². The normalized spacial score (nSPS) is 18.0. The van der Waals surface area contributed by atoms with Crippen LogP contribution in [0.1, 0.15) is 55.6 Å². The minimum atomic E-state index is -0.360. The van der Waals surface area contributed by atoms with Crippen LogP contribution in [0.4, 0.5) is 0 Å². The minimum absolute atomic E-state index is 0.133. The van der Waals surface area contributed by atoms with Gasteiger partial charge in [-0.2, -0.15) is 0 Å². The number of benzene rings is 3. The summed E-state index contributed by atoms with van der Waals surface area (Å²) in [5.74, 6) is 1.18. The molecule has 3 aromatic carbocycles. The quantitative estimate of drug-likeness (QED) is 0.327. The van der Waals surface area contributed by atoms with Gasteiger partial charge in [0.05, 0.1) is 10.7 Å². The van der Waals surface area contributed by atoms with Gasteiger partial charge in [0.2, 0.25) is 0 Å². The molecule has 37 heavy (non-hydrogen) atoms. The summed E-state index contributed by atoms with van der Waals surface area (Å²) in [6, 6.07) is 18.5. The molecule has 1 N–H and O–H groups in total. The molecule has 0 aromatic heterocycles. The smallest absolute Gasteiger partial charge is 0.174 e. The fraction of sp³-hybridized carbons (Fsp3) is 0.290. The molecular weight excluding hydrogens is 577 g/mol. The summed E-state index contributed by atoms with van der Waals surface area (Å²) in [6.45, 7) is 0.405. The summed E-state index contributed by atoms with van der Waals surface area (Å²) in [4.78, 5) is 26.4. The number of allylic oxidation sites excluding steroid dienone is 4. The van der Waals surface area contributed by atoms with Crippen LogP contribution in [0.5, 0.6) is 11.5 Å². The van der Waals surface area contributed by atoms with E-state index in [0.29, 0.717) is 30.9 Å². The Morgan fingerprint density at radius 2 is 1.57 bits per heavy atom. The zero-order valence-corrected chi connectivity index (χ0v) is 22.9. The number of dihydropyridines is 1. The van der Waals surface area contributed by atoms with Crippen LogP contribution in [-0.4, -0.2) is 18.7 Å². The van der Waals surface area contributed by atoms with Gasteiger partial charge in [-0.3, -0.25) is 9.59 Å². The van der Waals surface area contributed by atoms with E-state index in [9.17, 15) is 9.59 Å². The lowest BCUT2D eigenvalue weighted by Crippen LogP contribution is -2.36. The van der Waals surface area contributed by atoms with Crippen LogP contribution in [0.15, 0.2) is 77.1 Å². The van der Waals surface area contributed by atoms with Gasteiger partial charge in [0.1, 0.15) is 6.61 Å². The van der Waals surface area contributed by atoms with Gasteiger partial charge < -0.3 is 14.8 Å². The number of nitrogens with one attached hydrogen (secondary N) is 1. The highest BCUT2D eigenvalue weighted by molar-refractivity contribution is 14.1. The second-order valence-electron chi connectivity index (χ2n) is 9.86. The summed E-state index contributed by atoms with van der Waals surface area (Å²) in [5, 5.41) is 5.82. The van der Waals surface area contributed by atoms with Gasteiger partial charge in [-0.25, -0.2) is 0 Å². The van der Waals surface area contributed by atoms with Crippen molar-refractivity contribution in [3.05, 3.63) is 91.8 Å². The number of rotatable bonds is 5. The number of methoxy groups -OCH3 is 1. The maximum Gasteiger partial charge on any atom is 0.174 e.